The molecule has 4 heterocycles. The first-order chi connectivity index (χ1) is 8.90. The summed E-state index contributed by atoms with van der Waals surface area (Å²) in [6.45, 7) is 0. The minimum Gasteiger partial charge on any atom is -0.252 e. The van der Waals surface area contributed by atoms with Crippen molar-refractivity contribution in [1.82, 2.24) is 19.9 Å². The molecule has 0 radical (unpaired) electrons. The van der Waals surface area contributed by atoms with E-state index in [1.165, 1.54) is 0 Å². The molecule has 4 rings (SSSR count). The first-order valence-electron chi connectivity index (χ1n) is 4.95. The van der Waals surface area contributed by atoms with Crippen LogP contribution in [0.4, 0.5) is 0 Å². The predicted octanol–water partition coefficient (Wildman–Crippen LogP) is 4.00. The summed E-state index contributed by atoms with van der Waals surface area (Å²) in [7, 11) is 0. The lowest BCUT2D eigenvalue weighted by Gasteiger charge is -1.86. The maximum atomic E-state index is 4.61. The van der Waals surface area contributed by atoms with E-state index in [0.717, 1.165) is 29.4 Å². The van der Waals surface area contributed by atoms with E-state index in [1.54, 1.807) is 45.3 Å². The quantitative estimate of drug-likeness (QED) is 0.561. The largest absolute Gasteiger partial charge is 0.252 e. The van der Waals surface area contributed by atoms with Gasteiger partial charge in [0.1, 0.15) is 10.0 Å². The molecular formula is C10H4N4S4. The fraction of sp³-hybridized carbons (Fsp3) is 0. The molecule has 0 spiro atoms. The van der Waals surface area contributed by atoms with Crippen LogP contribution < -0.4 is 0 Å². The Hall–Kier alpha value is -1.22. The minimum atomic E-state index is 0.992. The van der Waals surface area contributed by atoms with Gasteiger partial charge in [0.2, 0.25) is 0 Å². The van der Waals surface area contributed by atoms with Crippen molar-refractivity contribution in [2.45, 2.75) is 0 Å². The minimum absolute atomic E-state index is 0.992. The summed E-state index contributed by atoms with van der Waals surface area (Å²) in [5.74, 6) is 0. The molecule has 0 aromatic carbocycles. The van der Waals surface area contributed by atoms with Gasteiger partial charge >= 0.3 is 0 Å². The number of aromatic nitrogens is 4. The SMILES string of the molecule is c1ncc(-c2nc3sc(-c4cncs4)nc3s2)s1. The molecule has 0 aliphatic carbocycles. The van der Waals surface area contributed by atoms with E-state index < -0.39 is 0 Å². The van der Waals surface area contributed by atoms with Crippen LogP contribution >= 0.6 is 45.3 Å². The Balaban J connectivity index is 1.82. The van der Waals surface area contributed by atoms with E-state index in [4.69, 9.17) is 0 Å². The van der Waals surface area contributed by atoms with Crippen LogP contribution in [0.5, 0.6) is 0 Å². The molecule has 0 unspecified atom stereocenters. The molecule has 0 amide bonds. The molecule has 4 nitrogen and oxygen atoms in total. The Morgan fingerprint density at radius 3 is 1.61 bits per heavy atom. The zero-order valence-corrected chi connectivity index (χ0v) is 12.0. The smallest absolute Gasteiger partial charge is 0.155 e. The van der Waals surface area contributed by atoms with E-state index in [2.05, 4.69) is 19.9 Å². The lowest BCUT2D eigenvalue weighted by molar-refractivity contribution is 1.41. The van der Waals surface area contributed by atoms with Gasteiger partial charge in [0, 0.05) is 12.4 Å². The third kappa shape index (κ3) is 1.69. The monoisotopic (exact) mass is 308 g/mol. The number of hydrogen-bond donors (Lipinski definition) is 0. The number of fused-ring (bicyclic) bond motifs is 1. The lowest BCUT2D eigenvalue weighted by atomic mass is 10.6. The van der Waals surface area contributed by atoms with E-state index in [9.17, 15) is 0 Å². The molecule has 0 aliphatic rings. The molecular weight excluding hydrogens is 304 g/mol. The molecule has 4 aromatic heterocycles. The maximum Gasteiger partial charge on any atom is 0.155 e. The summed E-state index contributed by atoms with van der Waals surface area (Å²) in [6.07, 6.45) is 3.69. The topological polar surface area (TPSA) is 51.6 Å². The van der Waals surface area contributed by atoms with Crippen molar-refractivity contribution >= 4 is 55.0 Å². The van der Waals surface area contributed by atoms with Gasteiger partial charge in [-0.3, -0.25) is 9.97 Å². The lowest BCUT2D eigenvalue weighted by Crippen LogP contribution is -1.68. The molecule has 0 saturated carbocycles. The zero-order chi connectivity index (χ0) is 11.9. The number of thiazole rings is 4. The van der Waals surface area contributed by atoms with Crippen LogP contribution in [0, 0.1) is 0 Å². The van der Waals surface area contributed by atoms with Crippen molar-refractivity contribution in [3.63, 3.8) is 0 Å². The van der Waals surface area contributed by atoms with Gasteiger partial charge in [-0.2, -0.15) is 0 Å². The van der Waals surface area contributed by atoms with Crippen LogP contribution in [0.25, 0.3) is 29.4 Å². The van der Waals surface area contributed by atoms with E-state index in [0.29, 0.717) is 0 Å². The summed E-state index contributed by atoms with van der Waals surface area (Å²) in [6, 6.07) is 0. The second kappa shape index (κ2) is 4.16. The van der Waals surface area contributed by atoms with Gasteiger partial charge in [0.05, 0.1) is 20.8 Å². The van der Waals surface area contributed by atoms with Gasteiger partial charge in [0.15, 0.2) is 9.66 Å². The van der Waals surface area contributed by atoms with Crippen molar-refractivity contribution < 1.29 is 0 Å². The van der Waals surface area contributed by atoms with Gasteiger partial charge in [-0.25, -0.2) is 9.97 Å². The second-order valence-corrected chi connectivity index (χ2v) is 7.11. The summed E-state index contributed by atoms with van der Waals surface area (Å²) in [5, 5.41) is 2.00. The molecule has 8 heteroatoms. The normalized spacial score (nSPS) is 11.3. The fourth-order valence-electron chi connectivity index (χ4n) is 1.50. The molecule has 18 heavy (non-hydrogen) atoms. The molecule has 0 bridgehead atoms. The van der Waals surface area contributed by atoms with Gasteiger partial charge in [0.25, 0.3) is 0 Å². The first kappa shape index (κ1) is 10.7. The van der Waals surface area contributed by atoms with E-state index in [1.807, 2.05) is 23.4 Å². The molecule has 0 saturated heterocycles. The third-order valence-corrected chi connectivity index (χ3v) is 6.17. The van der Waals surface area contributed by atoms with E-state index in [-0.39, 0.29) is 0 Å². The van der Waals surface area contributed by atoms with Crippen LogP contribution in [0.1, 0.15) is 0 Å². The molecule has 0 N–H and O–H groups in total. The van der Waals surface area contributed by atoms with Gasteiger partial charge < -0.3 is 0 Å². The zero-order valence-electron chi connectivity index (χ0n) is 8.73. The Kier molecular flexibility index (Phi) is 2.47. The summed E-state index contributed by atoms with van der Waals surface area (Å²) >= 11 is 6.44. The Labute approximate surface area is 118 Å². The molecule has 0 atom stereocenters. The Bertz CT molecular complexity index is 686. The number of rotatable bonds is 2. The van der Waals surface area contributed by atoms with Crippen LogP contribution in [0.15, 0.2) is 23.4 Å². The van der Waals surface area contributed by atoms with Gasteiger partial charge in [-0.15, -0.1) is 22.7 Å². The highest BCUT2D eigenvalue weighted by atomic mass is 32.1. The molecule has 0 aliphatic heterocycles. The molecule has 88 valence electrons. The Morgan fingerprint density at radius 2 is 1.22 bits per heavy atom. The van der Waals surface area contributed by atoms with Crippen LogP contribution in [0.3, 0.4) is 0 Å². The van der Waals surface area contributed by atoms with Gasteiger partial charge in [-0.1, -0.05) is 22.7 Å². The van der Waals surface area contributed by atoms with Crippen molar-refractivity contribution in [1.29, 1.82) is 0 Å². The highest BCUT2D eigenvalue weighted by Crippen LogP contribution is 2.38. The predicted molar refractivity (Wildman–Crippen MR) is 77.5 cm³/mol. The first-order valence-corrected chi connectivity index (χ1v) is 8.34. The summed E-state index contributed by atoms with van der Waals surface area (Å²) < 4.78 is 0. The van der Waals surface area contributed by atoms with Crippen molar-refractivity contribution in [2.75, 3.05) is 0 Å². The highest BCUT2D eigenvalue weighted by molar-refractivity contribution is 7.31. The second-order valence-electron chi connectivity index (χ2n) is 3.38. The van der Waals surface area contributed by atoms with E-state index >= 15 is 0 Å². The van der Waals surface area contributed by atoms with Crippen LogP contribution in [-0.2, 0) is 0 Å². The Morgan fingerprint density at radius 1 is 0.722 bits per heavy atom. The summed E-state index contributed by atoms with van der Waals surface area (Å²) in [5.41, 5.74) is 3.64. The average Bonchev–Trinajstić information content (AvgIpc) is 3.13. The standard InChI is InChI=1S/C10H4N4S4/c1-5(15-3-11-1)7-13-9-10(17-7)14-8(18-9)6-2-12-4-16-6/h1-4H. The number of nitrogens with zero attached hydrogens (tertiary/aromatic N) is 4. The van der Waals surface area contributed by atoms with Crippen LogP contribution in [0.2, 0.25) is 0 Å². The van der Waals surface area contributed by atoms with Crippen LogP contribution in [-0.4, -0.2) is 19.9 Å². The van der Waals surface area contributed by atoms with Gasteiger partial charge in [-0.05, 0) is 0 Å². The van der Waals surface area contributed by atoms with Crippen molar-refractivity contribution in [2.24, 2.45) is 0 Å². The summed E-state index contributed by atoms with van der Waals surface area (Å²) in [4.78, 5) is 21.6. The third-order valence-electron chi connectivity index (χ3n) is 2.26. The van der Waals surface area contributed by atoms with Crippen molar-refractivity contribution in [3.8, 4) is 19.8 Å². The molecule has 0 fully saturated rings. The fourth-order valence-corrected chi connectivity index (χ4v) is 4.89. The number of hydrogen-bond acceptors (Lipinski definition) is 8. The average molecular weight is 308 g/mol. The maximum absolute atomic E-state index is 4.61. The molecule has 4 aromatic rings. The highest BCUT2D eigenvalue weighted by Gasteiger charge is 2.14. The van der Waals surface area contributed by atoms with Crippen molar-refractivity contribution in [3.05, 3.63) is 23.4 Å².